The number of amidine groups is 1. The van der Waals surface area contributed by atoms with Crippen molar-refractivity contribution in [2.75, 3.05) is 6.54 Å². The minimum atomic E-state index is 0.282. The molecule has 1 aliphatic carbocycles. The molecule has 1 aliphatic rings. The van der Waals surface area contributed by atoms with Crippen molar-refractivity contribution in [3.05, 3.63) is 35.9 Å². The third-order valence-electron chi connectivity index (χ3n) is 2.93. The maximum absolute atomic E-state index is 8.38. The first-order chi connectivity index (χ1) is 7.81. The van der Waals surface area contributed by atoms with Gasteiger partial charge in [0.2, 0.25) is 0 Å². The van der Waals surface area contributed by atoms with Crippen LogP contribution in [0.15, 0.2) is 35.5 Å². The molecule has 4 nitrogen and oxygen atoms in total. The van der Waals surface area contributed by atoms with Crippen LogP contribution < -0.4 is 11.1 Å². The standard InChI is InChI=1S/C12H17N3O/c13-12(15-16)6-7-14-11-8-10(11)9-4-2-1-3-5-9/h1-5,10-11,14,16H,6-8H2,(H2,13,15). The van der Waals surface area contributed by atoms with Gasteiger partial charge in [0.15, 0.2) is 0 Å². The molecule has 0 heterocycles. The van der Waals surface area contributed by atoms with Crippen LogP contribution in [0.5, 0.6) is 0 Å². The minimum Gasteiger partial charge on any atom is -0.409 e. The van der Waals surface area contributed by atoms with Gasteiger partial charge < -0.3 is 16.3 Å². The summed E-state index contributed by atoms with van der Waals surface area (Å²) in [6, 6.07) is 11.1. The lowest BCUT2D eigenvalue weighted by molar-refractivity contribution is 0.316. The molecule has 0 aliphatic heterocycles. The average Bonchev–Trinajstić information content (AvgIpc) is 3.09. The van der Waals surface area contributed by atoms with Crippen LogP contribution in [-0.4, -0.2) is 23.6 Å². The SMILES string of the molecule is NC(CCNC1CC1c1ccccc1)=NO. The third kappa shape index (κ3) is 2.73. The van der Waals surface area contributed by atoms with E-state index in [1.807, 2.05) is 6.07 Å². The summed E-state index contributed by atoms with van der Waals surface area (Å²) in [6.45, 7) is 0.768. The molecule has 4 heteroatoms. The lowest BCUT2D eigenvalue weighted by atomic mass is 10.1. The van der Waals surface area contributed by atoms with Crippen LogP contribution in [0.1, 0.15) is 24.3 Å². The van der Waals surface area contributed by atoms with Gasteiger partial charge in [-0.15, -0.1) is 0 Å². The van der Waals surface area contributed by atoms with Crippen molar-refractivity contribution in [1.29, 1.82) is 0 Å². The summed E-state index contributed by atoms with van der Waals surface area (Å²) in [7, 11) is 0. The van der Waals surface area contributed by atoms with Crippen molar-refractivity contribution >= 4 is 5.84 Å². The number of nitrogens with two attached hydrogens (primary N) is 1. The molecule has 1 saturated carbocycles. The zero-order valence-electron chi connectivity index (χ0n) is 9.13. The van der Waals surface area contributed by atoms with Gasteiger partial charge in [-0.1, -0.05) is 35.5 Å². The van der Waals surface area contributed by atoms with Crippen molar-refractivity contribution in [2.45, 2.75) is 24.8 Å². The Morgan fingerprint density at radius 1 is 1.44 bits per heavy atom. The van der Waals surface area contributed by atoms with Crippen LogP contribution in [0.4, 0.5) is 0 Å². The zero-order valence-corrected chi connectivity index (χ0v) is 9.13. The molecule has 2 rings (SSSR count). The summed E-state index contributed by atoms with van der Waals surface area (Å²) in [5, 5.41) is 14.7. The number of hydrogen-bond acceptors (Lipinski definition) is 3. The van der Waals surface area contributed by atoms with E-state index in [0.717, 1.165) is 6.54 Å². The van der Waals surface area contributed by atoms with Crippen LogP contribution in [0, 0.1) is 0 Å². The second kappa shape index (κ2) is 4.99. The quantitative estimate of drug-likeness (QED) is 0.302. The third-order valence-corrected chi connectivity index (χ3v) is 2.93. The molecule has 2 atom stereocenters. The predicted molar refractivity (Wildman–Crippen MR) is 63.6 cm³/mol. The molecule has 16 heavy (non-hydrogen) atoms. The Balaban J connectivity index is 1.72. The number of nitrogens with zero attached hydrogens (tertiary/aromatic N) is 1. The van der Waals surface area contributed by atoms with E-state index in [1.165, 1.54) is 12.0 Å². The maximum Gasteiger partial charge on any atom is 0.140 e. The fraction of sp³-hybridized carbons (Fsp3) is 0.417. The highest BCUT2D eigenvalue weighted by Crippen LogP contribution is 2.40. The van der Waals surface area contributed by atoms with Crippen molar-refractivity contribution in [1.82, 2.24) is 5.32 Å². The van der Waals surface area contributed by atoms with Crippen LogP contribution in [0.2, 0.25) is 0 Å². The second-order valence-electron chi connectivity index (χ2n) is 4.15. The zero-order chi connectivity index (χ0) is 11.4. The van der Waals surface area contributed by atoms with Gasteiger partial charge >= 0.3 is 0 Å². The van der Waals surface area contributed by atoms with E-state index in [-0.39, 0.29) is 5.84 Å². The number of rotatable bonds is 5. The number of hydrogen-bond donors (Lipinski definition) is 3. The van der Waals surface area contributed by atoms with E-state index in [9.17, 15) is 0 Å². The van der Waals surface area contributed by atoms with E-state index in [1.54, 1.807) is 0 Å². The summed E-state index contributed by atoms with van der Waals surface area (Å²) in [5.41, 5.74) is 6.78. The topological polar surface area (TPSA) is 70.6 Å². The molecule has 0 amide bonds. The highest BCUT2D eigenvalue weighted by molar-refractivity contribution is 5.79. The summed E-state index contributed by atoms with van der Waals surface area (Å²) in [6.07, 6.45) is 1.77. The van der Waals surface area contributed by atoms with Gasteiger partial charge in [0, 0.05) is 24.9 Å². The van der Waals surface area contributed by atoms with E-state index >= 15 is 0 Å². The predicted octanol–water partition coefficient (Wildman–Crippen LogP) is 1.27. The molecule has 1 fully saturated rings. The van der Waals surface area contributed by atoms with Crippen LogP contribution in [0.25, 0.3) is 0 Å². The van der Waals surface area contributed by atoms with Gasteiger partial charge in [0.05, 0.1) is 0 Å². The maximum atomic E-state index is 8.38. The Bertz CT molecular complexity index is 364. The van der Waals surface area contributed by atoms with E-state index in [0.29, 0.717) is 18.4 Å². The van der Waals surface area contributed by atoms with Crippen LogP contribution in [-0.2, 0) is 0 Å². The Morgan fingerprint density at radius 3 is 2.88 bits per heavy atom. The Kier molecular flexibility index (Phi) is 3.41. The molecule has 1 aromatic rings. The second-order valence-corrected chi connectivity index (χ2v) is 4.15. The smallest absolute Gasteiger partial charge is 0.140 e. The van der Waals surface area contributed by atoms with Crippen molar-refractivity contribution in [3.8, 4) is 0 Å². The van der Waals surface area contributed by atoms with E-state index in [4.69, 9.17) is 10.9 Å². The molecule has 1 aromatic carbocycles. The van der Waals surface area contributed by atoms with Crippen molar-refractivity contribution in [3.63, 3.8) is 0 Å². The number of oxime groups is 1. The van der Waals surface area contributed by atoms with Crippen molar-refractivity contribution in [2.24, 2.45) is 10.9 Å². The summed E-state index contributed by atoms with van der Waals surface area (Å²) < 4.78 is 0. The Hall–Kier alpha value is -1.55. The molecule has 4 N–H and O–H groups in total. The Morgan fingerprint density at radius 2 is 2.19 bits per heavy atom. The molecule has 86 valence electrons. The highest BCUT2D eigenvalue weighted by atomic mass is 16.4. The van der Waals surface area contributed by atoms with Gasteiger partial charge in [-0.2, -0.15) is 0 Å². The van der Waals surface area contributed by atoms with Gasteiger partial charge in [-0.05, 0) is 12.0 Å². The van der Waals surface area contributed by atoms with E-state index in [2.05, 4.69) is 34.7 Å². The average molecular weight is 219 g/mol. The molecule has 0 aromatic heterocycles. The minimum absolute atomic E-state index is 0.282. The first-order valence-corrected chi connectivity index (χ1v) is 5.56. The van der Waals surface area contributed by atoms with E-state index < -0.39 is 0 Å². The summed E-state index contributed by atoms with van der Waals surface area (Å²) >= 11 is 0. The van der Waals surface area contributed by atoms with Gasteiger partial charge in [0.1, 0.15) is 5.84 Å². The van der Waals surface area contributed by atoms with Crippen molar-refractivity contribution < 1.29 is 5.21 Å². The van der Waals surface area contributed by atoms with Gasteiger partial charge in [0.25, 0.3) is 0 Å². The lowest BCUT2D eigenvalue weighted by Crippen LogP contribution is -2.24. The lowest BCUT2D eigenvalue weighted by Gasteiger charge is -2.03. The number of benzene rings is 1. The largest absolute Gasteiger partial charge is 0.409 e. The highest BCUT2D eigenvalue weighted by Gasteiger charge is 2.37. The molecule has 2 unspecified atom stereocenters. The Labute approximate surface area is 95.1 Å². The first kappa shape index (κ1) is 11.0. The molecule has 0 bridgehead atoms. The molecular weight excluding hydrogens is 202 g/mol. The summed E-state index contributed by atoms with van der Waals surface area (Å²) in [5.74, 6) is 0.915. The molecule has 0 radical (unpaired) electrons. The van der Waals surface area contributed by atoms with Crippen LogP contribution in [0.3, 0.4) is 0 Å². The fourth-order valence-electron chi connectivity index (χ4n) is 1.92. The first-order valence-electron chi connectivity index (χ1n) is 5.56. The molecule has 0 saturated heterocycles. The molecule has 0 spiro atoms. The summed E-state index contributed by atoms with van der Waals surface area (Å²) in [4.78, 5) is 0. The van der Waals surface area contributed by atoms with Crippen LogP contribution >= 0.6 is 0 Å². The fourth-order valence-corrected chi connectivity index (χ4v) is 1.92. The van der Waals surface area contributed by atoms with Gasteiger partial charge in [-0.25, -0.2) is 0 Å². The van der Waals surface area contributed by atoms with Gasteiger partial charge in [-0.3, -0.25) is 0 Å². The monoisotopic (exact) mass is 219 g/mol. The normalized spacial score (nSPS) is 24.4. The number of nitrogens with one attached hydrogen (secondary N) is 1. The molecular formula is C12H17N3O.